The van der Waals surface area contributed by atoms with Gasteiger partial charge in [0.2, 0.25) is 0 Å². The fourth-order valence-corrected chi connectivity index (χ4v) is 0.443. The molecule has 0 atom stereocenters. The summed E-state index contributed by atoms with van der Waals surface area (Å²) in [5, 5.41) is 10.3. The number of rotatable bonds is 3. The molecule has 5 nitrogen and oxygen atoms in total. The van der Waals surface area contributed by atoms with Crippen molar-refractivity contribution in [2.75, 3.05) is 0 Å². The van der Waals surface area contributed by atoms with Crippen LogP contribution in [0.4, 0.5) is 0 Å². The third-order valence-electron chi connectivity index (χ3n) is 0.834. The molecule has 0 amide bonds. The van der Waals surface area contributed by atoms with Crippen LogP contribution in [0.1, 0.15) is 6.42 Å². The molecule has 1 radical (unpaired) electrons. The average molecular weight is 125 g/mol. The number of aromatic nitrogens is 4. The van der Waals surface area contributed by atoms with Gasteiger partial charge in [0.1, 0.15) is 6.33 Å². The van der Waals surface area contributed by atoms with Crippen molar-refractivity contribution in [1.82, 2.24) is 20.2 Å². The maximum Gasteiger partial charge on any atom is 0.200 e. The van der Waals surface area contributed by atoms with Crippen molar-refractivity contribution in [3.8, 4) is 0 Å². The van der Waals surface area contributed by atoms with Gasteiger partial charge < -0.3 is 0 Å². The van der Waals surface area contributed by atoms with Gasteiger partial charge in [0.15, 0.2) is 6.29 Å². The molecule has 0 aromatic carbocycles. The molecule has 47 valence electrons. The van der Waals surface area contributed by atoms with Crippen LogP contribution in [-0.4, -0.2) is 26.5 Å². The highest BCUT2D eigenvalue weighted by molar-refractivity contribution is 5.49. The van der Waals surface area contributed by atoms with Gasteiger partial charge in [-0.15, -0.1) is 5.10 Å². The molecule has 0 unspecified atom stereocenters. The summed E-state index contributed by atoms with van der Waals surface area (Å²) in [5.74, 6) is 0. The van der Waals surface area contributed by atoms with E-state index in [0.717, 1.165) is 0 Å². The SMILES string of the molecule is O=[C]CCn1cnnn1. The molecule has 0 fully saturated rings. The Balaban J connectivity index is 2.38. The summed E-state index contributed by atoms with van der Waals surface area (Å²) < 4.78 is 1.48. The van der Waals surface area contributed by atoms with Crippen LogP contribution < -0.4 is 0 Å². The molecule has 0 aliphatic carbocycles. The number of carbonyl (C=O) groups excluding carboxylic acids is 1. The van der Waals surface area contributed by atoms with E-state index >= 15 is 0 Å². The van der Waals surface area contributed by atoms with Crippen LogP contribution in [0, 0.1) is 0 Å². The first kappa shape index (κ1) is 5.87. The molecule has 5 heteroatoms. The normalized spacial score (nSPS) is 9.33. The van der Waals surface area contributed by atoms with Gasteiger partial charge in [-0.2, -0.15) is 0 Å². The topological polar surface area (TPSA) is 60.7 Å². The number of tetrazole rings is 1. The van der Waals surface area contributed by atoms with E-state index in [-0.39, 0.29) is 0 Å². The smallest absolute Gasteiger partial charge is 0.200 e. The quantitative estimate of drug-likeness (QED) is 0.529. The lowest BCUT2D eigenvalue weighted by atomic mass is 10.5. The third-order valence-corrected chi connectivity index (χ3v) is 0.834. The van der Waals surface area contributed by atoms with Crippen LogP contribution >= 0.6 is 0 Å². The van der Waals surface area contributed by atoms with Gasteiger partial charge >= 0.3 is 0 Å². The number of hydrogen-bond acceptors (Lipinski definition) is 4. The standard InChI is InChI=1S/C4H5N4O/c9-3-1-2-8-4-5-6-7-8/h4H,1-2H2. The molecule has 0 bridgehead atoms. The Morgan fingerprint density at radius 2 is 2.56 bits per heavy atom. The predicted molar refractivity (Wildman–Crippen MR) is 28.1 cm³/mol. The van der Waals surface area contributed by atoms with E-state index in [1.165, 1.54) is 11.0 Å². The number of hydrogen-bond donors (Lipinski definition) is 0. The fraction of sp³-hybridized carbons (Fsp3) is 0.500. The van der Waals surface area contributed by atoms with E-state index in [0.29, 0.717) is 13.0 Å². The Morgan fingerprint density at radius 1 is 1.67 bits per heavy atom. The summed E-state index contributed by atoms with van der Waals surface area (Å²) in [6.45, 7) is 0.510. The van der Waals surface area contributed by atoms with E-state index in [1.807, 2.05) is 0 Å². The molecule has 1 aromatic heterocycles. The van der Waals surface area contributed by atoms with Gasteiger partial charge in [0, 0.05) is 6.42 Å². The van der Waals surface area contributed by atoms with Crippen LogP contribution in [0.15, 0.2) is 6.33 Å². The van der Waals surface area contributed by atoms with Crippen molar-refractivity contribution in [3.05, 3.63) is 6.33 Å². The minimum absolute atomic E-state index is 0.338. The summed E-state index contributed by atoms with van der Waals surface area (Å²) in [6, 6.07) is 0. The summed E-state index contributed by atoms with van der Waals surface area (Å²) in [4.78, 5) is 9.69. The van der Waals surface area contributed by atoms with E-state index in [1.54, 1.807) is 6.29 Å². The fourth-order valence-electron chi connectivity index (χ4n) is 0.443. The minimum Gasteiger partial charge on any atom is -0.291 e. The molecule has 1 rings (SSSR count). The molecule has 0 aliphatic rings. The maximum absolute atomic E-state index is 9.69. The largest absolute Gasteiger partial charge is 0.291 e. The van der Waals surface area contributed by atoms with Gasteiger partial charge in [-0.25, -0.2) is 4.68 Å². The first-order chi connectivity index (χ1) is 4.43. The van der Waals surface area contributed by atoms with Crippen LogP contribution in [-0.2, 0) is 11.3 Å². The lowest BCUT2D eigenvalue weighted by molar-refractivity contribution is 0.532. The molecule has 0 N–H and O–H groups in total. The van der Waals surface area contributed by atoms with E-state index < -0.39 is 0 Å². The average Bonchev–Trinajstić information content (AvgIpc) is 2.34. The zero-order valence-electron chi connectivity index (χ0n) is 4.69. The second kappa shape index (κ2) is 2.91. The van der Waals surface area contributed by atoms with Crippen molar-refractivity contribution in [2.45, 2.75) is 13.0 Å². The Labute approximate surface area is 51.7 Å². The van der Waals surface area contributed by atoms with Crippen LogP contribution in [0.2, 0.25) is 0 Å². The monoisotopic (exact) mass is 125 g/mol. The number of aryl methyl sites for hydroxylation is 1. The Kier molecular flexibility index (Phi) is 1.90. The lowest BCUT2D eigenvalue weighted by Gasteiger charge is -1.88. The predicted octanol–water partition coefficient (Wildman–Crippen LogP) is -0.827. The Hall–Kier alpha value is -1.26. The Morgan fingerprint density at radius 3 is 3.11 bits per heavy atom. The van der Waals surface area contributed by atoms with Crippen molar-refractivity contribution in [2.24, 2.45) is 0 Å². The third kappa shape index (κ3) is 1.60. The van der Waals surface area contributed by atoms with Crippen LogP contribution in [0.3, 0.4) is 0 Å². The second-order valence-electron chi connectivity index (χ2n) is 1.47. The molecule has 9 heavy (non-hydrogen) atoms. The van der Waals surface area contributed by atoms with Crippen molar-refractivity contribution in [1.29, 1.82) is 0 Å². The molecule has 0 aliphatic heterocycles. The molecular formula is C4H5N4O. The molecule has 0 saturated carbocycles. The van der Waals surface area contributed by atoms with Crippen molar-refractivity contribution >= 4 is 6.29 Å². The number of nitrogens with zero attached hydrogens (tertiary/aromatic N) is 4. The van der Waals surface area contributed by atoms with Crippen LogP contribution in [0.25, 0.3) is 0 Å². The maximum atomic E-state index is 9.69. The van der Waals surface area contributed by atoms with Crippen molar-refractivity contribution in [3.63, 3.8) is 0 Å². The van der Waals surface area contributed by atoms with Crippen molar-refractivity contribution < 1.29 is 4.79 Å². The highest BCUT2D eigenvalue weighted by Gasteiger charge is 1.88. The van der Waals surface area contributed by atoms with Gasteiger partial charge in [-0.3, -0.25) is 4.79 Å². The summed E-state index contributed by atoms with van der Waals surface area (Å²) in [5.41, 5.74) is 0. The minimum atomic E-state index is 0.338. The summed E-state index contributed by atoms with van der Waals surface area (Å²) in [7, 11) is 0. The lowest BCUT2D eigenvalue weighted by Crippen LogP contribution is -1.98. The molecule has 0 spiro atoms. The van der Waals surface area contributed by atoms with E-state index in [2.05, 4.69) is 15.5 Å². The molecule has 1 heterocycles. The molecule has 0 saturated heterocycles. The molecular weight excluding hydrogens is 120 g/mol. The zero-order valence-corrected chi connectivity index (χ0v) is 4.69. The highest BCUT2D eigenvalue weighted by Crippen LogP contribution is 1.79. The Bertz CT molecular complexity index is 171. The first-order valence-electron chi connectivity index (χ1n) is 2.49. The highest BCUT2D eigenvalue weighted by atomic mass is 16.1. The van der Waals surface area contributed by atoms with Gasteiger partial charge in [-0.05, 0) is 10.4 Å². The first-order valence-corrected chi connectivity index (χ1v) is 2.49. The zero-order chi connectivity index (χ0) is 6.53. The molecule has 1 aromatic rings. The van der Waals surface area contributed by atoms with Crippen LogP contribution in [0.5, 0.6) is 0 Å². The summed E-state index contributed by atoms with van der Waals surface area (Å²) in [6.07, 6.45) is 3.53. The van der Waals surface area contributed by atoms with Gasteiger partial charge in [-0.1, -0.05) is 0 Å². The van der Waals surface area contributed by atoms with E-state index in [9.17, 15) is 4.79 Å². The van der Waals surface area contributed by atoms with Gasteiger partial charge in [0.25, 0.3) is 0 Å². The van der Waals surface area contributed by atoms with Gasteiger partial charge in [0.05, 0.1) is 6.54 Å². The second-order valence-corrected chi connectivity index (χ2v) is 1.47. The summed E-state index contributed by atoms with van der Waals surface area (Å²) >= 11 is 0. The van der Waals surface area contributed by atoms with E-state index in [4.69, 9.17) is 0 Å².